The lowest BCUT2D eigenvalue weighted by atomic mass is 10.2. The summed E-state index contributed by atoms with van der Waals surface area (Å²) < 4.78 is 75.5. The third-order valence-electron chi connectivity index (χ3n) is 4.85. The first kappa shape index (κ1) is 24.6. The Balaban J connectivity index is 2.11. The predicted molar refractivity (Wildman–Crippen MR) is 124 cm³/mol. The van der Waals surface area contributed by atoms with E-state index in [1.165, 1.54) is 37.3 Å². The lowest BCUT2D eigenvalue weighted by Crippen LogP contribution is -2.18. The number of halogens is 2. The second kappa shape index (κ2) is 9.08. The molecule has 0 aliphatic heterocycles. The summed E-state index contributed by atoms with van der Waals surface area (Å²) >= 11 is 6.03. The molecule has 0 fully saturated rings. The minimum atomic E-state index is -4.45. The quantitative estimate of drug-likeness (QED) is 0.429. The summed E-state index contributed by atoms with van der Waals surface area (Å²) in [6.07, 6.45) is 0. The van der Waals surface area contributed by atoms with E-state index in [1.807, 2.05) is 0 Å². The Morgan fingerprint density at radius 2 is 1.42 bits per heavy atom. The average Bonchev–Trinajstić information content (AvgIpc) is 2.73. The van der Waals surface area contributed by atoms with Gasteiger partial charge in [0, 0.05) is 16.7 Å². The molecule has 8 nitrogen and oxygen atoms in total. The van der Waals surface area contributed by atoms with Crippen LogP contribution < -0.4 is 14.2 Å². The van der Waals surface area contributed by atoms with Gasteiger partial charge in [0.2, 0.25) is 0 Å². The number of aromatic hydroxyl groups is 1. The molecule has 0 saturated heterocycles. The maximum Gasteiger partial charge on any atom is 0.265 e. The molecule has 3 rings (SSSR count). The molecule has 0 saturated carbocycles. The zero-order valence-electron chi connectivity index (χ0n) is 17.7. The second-order valence-electron chi connectivity index (χ2n) is 7.01. The van der Waals surface area contributed by atoms with Crippen LogP contribution in [0.2, 0.25) is 5.02 Å². The minimum Gasteiger partial charge on any atom is -0.506 e. The topological polar surface area (TPSA) is 122 Å². The molecule has 0 radical (unpaired) electrons. The lowest BCUT2D eigenvalue weighted by Gasteiger charge is -2.17. The zero-order chi connectivity index (χ0) is 24.6. The fourth-order valence-electron chi connectivity index (χ4n) is 2.95. The number of hydrogen-bond donors (Lipinski definition) is 3. The summed E-state index contributed by atoms with van der Waals surface area (Å²) in [4.78, 5) is -1.28. The highest BCUT2D eigenvalue weighted by Crippen LogP contribution is 2.36. The van der Waals surface area contributed by atoms with E-state index in [0.29, 0.717) is 10.6 Å². The van der Waals surface area contributed by atoms with Crippen molar-refractivity contribution in [3.63, 3.8) is 0 Å². The zero-order valence-corrected chi connectivity index (χ0v) is 20.1. The molecule has 33 heavy (non-hydrogen) atoms. The number of benzene rings is 3. The summed E-state index contributed by atoms with van der Waals surface area (Å²) in [5.74, 6) is -1.68. The van der Waals surface area contributed by atoms with Crippen molar-refractivity contribution in [3.05, 3.63) is 70.5 Å². The highest BCUT2D eigenvalue weighted by atomic mass is 35.5. The van der Waals surface area contributed by atoms with Crippen LogP contribution in [0, 0.1) is 19.7 Å². The molecule has 0 heterocycles. The van der Waals surface area contributed by atoms with Crippen LogP contribution in [0.5, 0.6) is 11.5 Å². The lowest BCUT2D eigenvalue weighted by molar-refractivity contribution is 0.393. The van der Waals surface area contributed by atoms with E-state index in [9.17, 15) is 26.3 Å². The minimum absolute atomic E-state index is 0.0396. The van der Waals surface area contributed by atoms with Gasteiger partial charge in [-0.1, -0.05) is 23.7 Å². The van der Waals surface area contributed by atoms with E-state index >= 15 is 0 Å². The van der Waals surface area contributed by atoms with Crippen LogP contribution >= 0.6 is 11.6 Å². The number of phenolic OH excluding ortho intramolecular Hbond substituents is 1. The van der Waals surface area contributed by atoms with Gasteiger partial charge in [-0.25, -0.2) is 21.2 Å². The summed E-state index contributed by atoms with van der Waals surface area (Å²) in [6, 6.07) is 10.0. The fraction of sp³-hybridized carbons (Fsp3) is 0.143. The number of rotatable bonds is 7. The van der Waals surface area contributed by atoms with Crippen molar-refractivity contribution in [2.75, 3.05) is 16.6 Å². The SMILES string of the molecule is COc1cc(O)c(S(=O)(=O)Nc2cccc(Cl)c2C)cc1S(=O)(=O)Nc1cccc(F)c1C. The van der Waals surface area contributed by atoms with E-state index in [2.05, 4.69) is 9.44 Å². The molecule has 0 spiro atoms. The van der Waals surface area contributed by atoms with Crippen molar-refractivity contribution in [1.82, 2.24) is 0 Å². The van der Waals surface area contributed by atoms with Crippen molar-refractivity contribution in [2.24, 2.45) is 0 Å². The number of sulfonamides is 2. The van der Waals surface area contributed by atoms with Gasteiger partial charge in [0.05, 0.1) is 18.5 Å². The van der Waals surface area contributed by atoms with Crippen LogP contribution in [0.4, 0.5) is 15.8 Å². The van der Waals surface area contributed by atoms with Gasteiger partial charge in [0.1, 0.15) is 27.1 Å². The van der Waals surface area contributed by atoms with E-state index in [1.54, 1.807) is 13.0 Å². The predicted octanol–water partition coefficient (Wildman–Crippen LogP) is 4.41. The number of hydrogen-bond acceptors (Lipinski definition) is 6. The van der Waals surface area contributed by atoms with Gasteiger partial charge in [-0.15, -0.1) is 0 Å². The largest absolute Gasteiger partial charge is 0.506 e. The number of ether oxygens (including phenoxy) is 1. The summed E-state index contributed by atoms with van der Waals surface area (Å²) in [7, 11) is -7.74. The van der Waals surface area contributed by atoms with Gasteiger partial charge >= 0.3 is 0 Å². The third-order valence-corrected chi connectivity index (χ3v) is 8.04. The normalized spacial score (nSPS) is 11.8. The molecule has 0 unspecified atom stereocenters. The standard InChI is InChI=1S/C21H20ClFN2O6S2/c1-12-14(22)6-4-8-16(12)24-32(27,28)20-11-21(19(31-3)10-18(20)26)33(29,30)25-17-9-5-7-15(23)13(17)2/h4-11,24-26H,1-3H3. The van der Waals surface area contributed by atoms with Crippen molar-refractivity contribution < 1.29 is 31.1 Å². The van der Waals surface area contributed by atoms with Crippen LogP contribution in [-0.4, -0.2) is 29.1 Å². The number of nitrogens with one attached hydrogen (secondary N) is 2. The molecule has 0 aliphatic rings. The van der Waals surface area contributed by atoms with E-state index in [0.717, 1.165) is 19.2 Å². The maximum absolute atomic E-state index is 13.9. The monoisotopic (exact) mass is 514 g/mol. The first-order valence-corrected chi connectivity index (χ1v) is 12.7. The number of methoxy groups -OCH3 is 1. The Kier molecular flexibility index (Phi) is 6.78. The Labute approximate surface area is 196 Å². The maximum atomic E-state index is 13.9. The Hall–Kier alpha value is -3.02. The van der Waals surface area contributed by atoms with Gasteiger partial charge in [0.25, 0.3) is 20.0 Å². The summed E-state index contributed by atoms with van der Waals surface area (Å²) in [6.45, 7) is 2.98. The van der Waals surface area contributed by atoms with E-state index in [4.69, 9.17) is 16.3 Å². The van der Waals surface area contributed by atoms with E-state index < -0.39 is 41.4 Å². The second-order valence-corrected chi connectivity index (χ2v) is 10.7. The first-order valence-electron chi connectivity index (χ1n) is 9.34. The fourth-order valence-corrected chi connectivity index (χ4v) is 5.73. The van der Waals surface area contributed by atoms with Gasteiger partial charge in [-0.3, -0.25) is 9.44 Å². The molecule has 3 aromatic rings. The molecule has 0 amide bonds. The van der Waals surface area contributed by atoms with Gasteiger partial charge in [-0.05, 0) is 49.7 Å². The van der Waals surface area contributed by atoms with Crippen LogP contribution in [0.25, 0.3) is 0 Å². The van der Waals surface area contributed by atoms with Gasteiger partial charge in [-0.2, -0.15) is 0 Å². The van der Waals surface area contributed by atoms with E-state index in [-0.39, 0.29) is 22.7 Å². The highest BCUT2D eigenvalue weighted by molar-refractivity contribution is 7.93. The molecule has 176 valence electrons. The molecule has 3 N–H and O–H groups in total. The molecule has 0 aromatic heterocycles. The Morgan fingerprint density at radius 1 is 0.879 bits per heavy atom. The van der Waals surface area contributed by atoms with Crippen LogP contribution in [-0.2, 0) is 20.0 Å². The average molecular weight is 515 g/mol. The molecular formula is C21H20ClFN2O6S2. The smallest absolute Gasteiger partial charge is 0.265 e. The van der Waals surface area contributed by atoms with Crippen molar-refractivity contribution in [1.29, 1.82) is 0 Å². The van der Waals surface area contributed by atoms with Crippen LogP contribution in [0.1, 0.15) is 11.1 Å². The highest BCUT2D eigenvalue weighted by Gasteiger charge is 2.28. The van der Waals surface area contributed by atoms with Crippen LogP contribution in [0.15, 0.2) is 58.3 Å². The summed E-state index contributed by atoms with van der Waals surface area (Å²) in [5, 5.41) is 10.6. The molecule has 0 atom stereocenters. The first-order chi connectivity index (χ1) is 15.4. The number of phenols is 1. The third kappa shape index (κ3) is 5.00. The Morgan fingerprint density at radius 3 is 2.03 bits per heavy atom. The van der Waals surface area contributed by atoms with Crippen molar-refractivity contribution >= 4 is 43.0 Å². The molecule has 3 aromatic carbocycles. The number of anilines is 2. The molecule has 12 heteroatoms. The van der Waals surface area contributed by atoms with Crippen LogP contribution in [0.3, 0.4) is 0 Å². The summed E-state index contributed by atoms with van der Waals surface area (Å²) in [5.41, 5.74) is 0.592. The molecular weight excluding hydrogens is 495 g/mol. The van der Waals surface area contributed by atoms with Crippen molar-refractivity contribution in [2.45, 2.75) is 23.6 Å². The van der Waals surface area contributed by atoms with Crippen molar-refractivity contribution in [3.8, 4) is 11.5 Å². The molecule has 0 bridgehead atoms. The Bertz CT molecular complexity index is 1440. The molecule has 0 aliphatic carbocycles. The van der Waals surface area contributed by atoms with Gasteiger partial charge in [0.15, 0.2) is 0 Å². The van der Waals surface area contributed by atoms with Gasteiger partial charge < -0.3 is 9.84 Å².